The topological polar surface area (TPSA) is 8.17 Å². The minimum atomic E-state index is -0.144. The van der Waals surface area contributed by atoms with Crippen LogP contribution >= 0.6 is 12.4 Å². The Hall–Kier alpha value is -1.58. The van der Waals surface area contributed by atoms with Crippen molar-refractivity contribution in [2.24, 2.45) is 7.05 Å². The highest BCUT2D eigenvalue weighted by molar-refractivity contribution is 5.86. The number of rotatable bonds is 3. The van der Waals surface area contributed by atoms with Crippen molar-refractivity contribution >= 4 is 23.3 Å². The van der Waals surface area contributed by atoms with E-state index < -0.39 is 0 Å². The van der Waals surface area contributed by atoms with Crippen molar-refractivity contribution in [3.63, 3.8) is 0 Å². The molecule has 1 aliphatic rings. The Morgan fingerprint density at radius 1 is 1.04 bits per heavy atom. The van der Waals surface area contributed by atoms with Gasteiger partial charge in [0.05, 0.1) is 0 Å². The molecule has 0 spiro atoms. The molecule has 2 heterocycles. The smallest absolute Gasteiger partial charge is 0.123 e. The van der Waals surface area contributed by atoms with E-state index in [1.807, 2.05) is 19.9 Å². The fourth-order valence-corrected chi connectivity index (χ4v) is 3.12. The van der Waals surface area contributed by atoms with E-state index >= 15 is 0 Å². The third-order valence-electron chi connectivity index (χ3n) is 4.41. The summed E-state index contributed by atoms with van der Waals surface area (Å²) >= 11 is 0. The molecule has 0 aliphatic carbocycles. The van der Waals surface area contributed by atoms with Crippen LogP contribution in [-0.2, 0) is 20.0 Å². The first kappa shape index (κ1) is 25.4. The molecule has 0 amide bonds. The van der Waals surface area contributed by atoms with Crippen LogP contribution in [0.4, 0.5) is 4.39 Å². The first-order chi connectivity index (χ1) is 12.6. The third-order valence-corrected chi connectivity index (χ3v) is 4.41. The van der Waals surface area contributed by atoms with E-state index in [0.29, 0.717) is 0 Å². The zero-order valence-corrected chi connectivity index (χ0v) is 18.6. The van der Waals surface area contributed by atoms with Crippen LogP contribution in [0, 0.1) is 5.82 Å². The average Bonchev–Trinajstić information content (AvgIpc) is 2.92. The highest BCUT2D eigenvalue weighted by atomic mass is 35.5. The standard InChI is InChI=1S/C13H15FN2.C8H14.C2H6.ClH/c1-15-6-5-13-11(8-15)10-7-9(14)3-4-12(10)16(13)2;1-3-5-7-8-6-4-2;1-2;/h3-4,7H,5-6,8H2,1-2H3;5-8H,3-4H2,1-2H3;1-2H3;1H/b;7-5-,8-6-;;. The molecule has 0 bridgehead atoms. The van der Waals surface area contributed by atoms with E-state index in [4.69, 9.17) is 0 Å². The number of aryl methyl sites for hydroxylation is 1. The number of fused-ring (bicyclic) bond motifs is 3. The van der Waals surface area contributed by atoms with Crippen LogP contribution < -0.4 is 0 Å². The van der Waals surface area contributed by atoms with E-state index in [9.17, 15) is 4.39 Å². The van der Waals surface area contributed by atoms with Gasteiger partial charge in [0.1, 0.15) is 5.82 Å². The first-order valence-electron chi connectivity index (χ1n) is 9.84. The minimum Gasteiger partial charge on any atom is -0.347 e. The van der Waals surface area contributed by atoms with E-state index in [0.717, 1.165) is 43.3 Å². The molecule has 1 aliphatic heterocycles. The fraction of sp³-hybridized carbons (Fsp3) is 0.478. The Labute approximate surface area is 171 Å². The summed E-state index contributed by atoms with van der Waals surface area (Å²) < 4.78 is 15.5. The largest absolute Gasteiger partial charge is 0.347 e. The molecule has 3 rings (SSSR count). The second-order valence-electron chi connectivity index (χ2n) is 6.31. The molecule has 27 heavy (non-hydrogen) atoms. The van der Waals surface area contributed by atoms with Crippen molar-refractivity contribution in [1.82, 2.24) is 9.47 Å². The van der Waals surface area contributed by atoms with Crippen LogP contribution in [0.15, 0.2) is 42.5 Å². The number of hydrogen-bond donors (Lipinski definition) is 0. The van der Waals surface area contributed by atoms with Gasteiger partial charge in [0.15, 0.2) is 0 Å². The number of benzene rings is 1. The van der Waals surface area contributed by atoms with Gasteiger partial charge < -0.3 is 9.47 Å². The normalized spacial score (nSPS) is 13.6. The number of hydrogen-bond acceptors (Lipinski definition) is 1. The Morgan fingerprint density at radius 3 is 2.19 bits per heavy atom. The van der Waals surface area contributed by atoms with Crippen LogP contribution in [-0.4, -0.2) is 23.1 Å². The molecule has 0 radical (unpaired) electrons. The van der Waals surface area contributed by atoms with Crippen molar-refractivity contribution in [3.8, 4) is 0 Å². The second kappa shape index (κ2) is 13.6. The van der Waals surface area contributed by atoms with E-state index in [1.165, 1.54) is 17.3 Å². The summed E-state index contributed by atoms with van der Waals surface area (Å²) in [6, 6.07) is 5.08. The Bertz CT molecular complexity index is 720. The number of nitrogens with zero attached hydrogens (tertiary/aromatic N) is 2. The highest BCUT2D eigenvalue weighted by Crippen LogP contribution is 2.29. The van der Waals surface area contributed by atoms with E-state index in [-0.39, 0.29) is 18.2 Å². The summed E-state index contributed by atoms with van der Waals surface area (Å²) in [6.45, 7) is 10.3. The Balaban J connectivity index is 0.000000532. The molecule has 0 unspecified atom stereocenters. The lowest BCUT2D eigenvalue weighted by molar-refractivity contribution is 0.310. The molecule has 1 aromatic heterocycles. The lowest BCUT2D eigenvalue weighted by atomic mass is 10.1. The van der Waals surface area contributed by atoms with Gasteiger partial charge in [-0.2, -0.15) is 0 Å². The van der Waals surface area contributed by atoms with Crippen LogP contribution in [0.5, 0.6) is 0 Å². The predicted octanol–water partition coefficient (Wildman–Crippen LogP) is 6.67. The van der Waals surface area contributed by atoms with Crippen LogP contribution in [0.3, 0.4) is 0 Å². The second-order valence-corrected chi connectivity index (χ2v) is 6.31. The highest BCUT2D eigenvalue weighted by Gasteiger charge is 2.20. The maximum atomic E-state index is 13.3. The number of allylic oxidation sites excluding steroid dienone is 4. The molecule has 152 valence electrons. The first-order valence-corrected chi connectivity index (χ1v) is 9.84. The molecule has 0 atom stereocenters. The maximum Gasteiger partial charge on any atom is 0.123 e. The lowest BCUT2D eigenvalue weighted by Gasteiger charge is -2.23. The number of halogens is 2. The number of likely N-dealkylation sites (N-methyl/N-ethyl adjacent to an activating group) is 1. The summed E-state index contributed by atoms with van der Waals surface area (Å²) in [5.74, 6) is -0.144. The van der Waals surface area contributed by atoms with Crippen LogP contribution in [0.25, 0.3) is 10.9 Å². The van der Waals surface area contributed by atoms with Crippen molar-refractivity contribution in [3.05, 3.63) is 59.6 Å². The van der Waals surface area contributed by atoms with Crippen molar-refractivity contribution in [2.75, 3.05) is 13.6 Å². The average molecular weight is 395 g/mol. The van der Waals surface area contributed by atoms with Crippen LogP contribution in [0.1, 0.15) is 51.8 Å². The minimum absolute atomic E-state index is 0. The summed E-state index contributed by atoms with van der Waals surface area (Å²) in [4.78, 5) is 2.28. The molecule has 0 saturated carbocycles. The molecule has 0 N–H and O–H groups in total. The quantitative estimate of drug-likeness (QED) is 0.527. The van der Waals surface area contributed by atoms with E-state index in [2.05, 4.69) is 61.7 Å². The van der Waals surface area contributed by atoms with Gasteiger partial charge in [-0.3, -0.25) is 0 Å². The fourth-order valence-electron chi connectivity index (χ4n) is 3.12. The molecular formula is C23H36ClFN2. The van der Waals surface area contributed by atoms with Gasteiger partial charge >= 0.3 is 0 Å². The SMILES string of the molecule is CC.CC/C=C\C=C/CC.CN1CCc2c(c3cc(F)ccc3n2C)C1.Cl. The van der Waals surface area contributed by atoms with Gasteiger partial charge in [0, 0.05) is 43.2 Å². The van der Waals surface area contributed by atoms with Gasteiger partial charge in [-0.25, -0.2) is 4.39 Å². The summed E-state index contributed by atoms with van der Waals surface area (Å²) in [6.07, 6.45) is 11.8. The summed E-state index contributed by atoms with van der Waals surface area (Å²) in [7, 11) is 4.19. The maximum absolute atomic E-state index is 13.3. The third kappa shape index (κ3) is 7.15. The van der Waals surface area contributed by atoms with Gasteiger partial charge in [-0.1, -0.05) is 52.0 Å². The van der Waals surface area contributed by atoms with Crippen LogP contribution in [0.2, 0.25) is 0 Å². The van der Waals surface area contributed by atoms with Gasteiger partial charge in [0.25, 0.3) is 0 Å². The number of aromatic nitrogens is 1. The zero-order chi connectivity index (χ0) is 19.5. The summed E-state index contributed by atoms with van der Waals surface area (Å²) in [5, 5.41) is 1.07. The molecule has 4 heteroatoms. The van der Waals surface area contributed by atoms with Crippen molar-refractivity contribution in [1.29, 1.82) is 0 Å². The molecule has 0 fully saturated rings. The van der Waals surface area contributed by atoms with Gasteiger partial charge in [-0.05, 0) is 43.7 Å². The molecular weight excluding hydrogens is 359 g/mol. The Morgan fingerprint density at radius 2 is 1.63 bits per heavy atom. The zero-order valence-electron chi connectivity index (χ0n) is 17.8. The molecule has 1 aromatic carbocycles. The lowest BCUT2D eigenvalue weighted by Crippen LogP contribution is -2.26. The molecule has 0 saturated heterocycles. The monoisotopic (exact) mass is 394 g/mol. The van der Waals surface area contributed by atoms with Crippen molar-refractivity contribution in [2.45, 2.75) is 53.5 Å². The van der Waals surface area contributed by atoms with E-state index in [1.54, 1.807) is 6.07 Å². The van der Waals surface area contributed by atoms with Crippen molar-refractivity contribution < 1.29 is 4.39 Å². The Kier molecular flexibility index (Phi) is 12.8. The van der Waals surface area contributed by atoms with Gasteiger partial charge in [-0.15, -0.1) is 12.4 Å². The molecule has 2 aromatic rings. The predicted molar refractivity (Wildman–Crippen MR) is 120 cm³/mol. The molecule has 2 nitrogen and oxygen atoms in total. The van der Waals surface area contributed by atoms with Gasteiger partial charge in [0.2, 0.25) is 0 Å². The summed E-state index contributed by atoms with van der Waals surface area (Å²) in [5.41, 5.74) is 3.80.